The summed E-state index contributed by atoms with van der Waals surface area (Å²) >= 11 is 0. The number of hydrogen-bond acceptors (Lipinski definition) is 5. The molecule has 0 saturated heterocycles. The van der Waals surface area contributed by atoms with Gasteiger partial charge in [-0.15, -0.1) is 0 Å². The van der Waals surface area contributed by atoms with Crippen LogP contribution in [0.15, 0.2) is 72.8 Å². The molecule has 0 saturated carbocycles. The van der Waals surface area contributed by atoms with E-state index in [9.17, 15) is 19.8 Å². The van der Waals surface area contributed by atoms with E-state index in [1.165, 1.54) is 17.7 Å². The predicted molar refractivity (Wildman–Crippen MR) is 155 cm³/mol. The first-order chi connectivity index (χ1) is 18.6. The number of primary amides is 1. The zero-order valence-electron chi connectivity index (χ0n) is 22.7. The van der Waals surface area contributed by atoms with Gasteiger partial charge in [-0.25, -0.2) is 4.79 Å². The van der Waals surface area contributed by atoms with E-state index in [2.05, 4.69) is 34.1 Å². The molecule has 3 rings (SSSR count). The Morgan fingerprint density at radius 2 is 1.64 bits per heavy atom. The number of aromatic hydroxyl groups is 1. The van der Waals surface area contributed by atoms with Crippen molar-refractivity contribution in [1.29, 1.82) is 0 Å². The lowest BCUT2D eigenvalue weighted by Gasteiger charge is -2.28. The molecule has 0 aliphatic rings. The fourth-order valence-corrected chi connectivity index (χ4v) is 4.48. The average Bonchev–Trinajstić information content (AvgIpc) is 2.88. The summed E-state index contributed by atoms with van der Waals surface area (Å²) in [5.74, 6) is -0.110. The van der Waals surface area contributed by atoms with Crippen molar-refractivity contribution < 1.29 is 19.8 Å². The Labute approximate surface area is 230 Å². The number of carbonyl (C=O) groups excluding carboxylic acids is 2. The number of aryl methyl sites for hydroxylation is 1. The lowest BCUT2D eigenvalue weighted by molar-refractivity contribution is -0.120. The van der Waals surface area contributed by atoms with Gasteiger partial charge in [-0.3, -0.25) is 4.79 Å². The summed E-state index contributed by atoms with van der Waals surface area (Å²) < 4.78 is 0. The Morgan fingerprint density at radius 3 is 2.38 bits per heavy atom. The average molecular weight is 533 g/mol. The molecule has 0 radical (unpaired) electrons. The van der Waals surface area contributed by atoms with E-state index < -0.39 is 12.1 Å². The topological polar surface area (TPSA) is 137 Å². The molecule has 3 aromatic carbocycles. The third kappa shape index (κ3) is 10.4. The van der Waals surface area contributed by atoms with Crippen LogP contribution < -0.4 is 21.7 Å². The molecule has 8 nitrogen and oxygen atoms in total. The van der Waals surface area contributed by atoms with Gasteiger partial charge in [-0.2, -0.15) is 0 Å². The number of phenolic OH excluding ortho intramolecular Hbond substituents is 1. The number of hydrogen-bond donors (Lipinski definition) is 6. The maximum atomic E-state index is 12.5. The third-order valence-corrected chi connectivity index (χ3v) is 6.50. The quantitative estimate of drug-likeness (QED) is 0.137. The molecule has 0 bridgehead atoms. The van der Waals surface area contributed by atoms with Gasteiger partial charge in [-0.05, 0) is 73.9 Å². The van der Waals surface area contributed by atoms with Crippen LogP contribution in [0.1, 0.15) is 55.0 Å². The summed E-state index contributed by atoms with van der Waals surface area (Å²) in [6, 6.07) is 22.1. The standard InChI is InChI=1S/C31H40N4O4/c1-31(2,34-21-28(37)25-14-15-27(36)26(19-25)35-30(32)39)20-24-13-8-12-23(17-24)18-29(38)33-16-7-6-11-22-9-4-3-5-10-22/h3-5,8-10,12-15,17,19,28,34,36-37H,6-7,11,16,18,20-21H2,1-2H3,(H,33,38)(H3,32,35,39). The lowest BCUT2D eigenvalue weighted by Crippen LogP contribution is -2.43. The van der Waals surface area contributed by atoms with E-state index in [1.807, 2.05) is 50.2 Å². The maximum absolute atomic E-state index is 12.5. The summed E-state index contributed by atoms with van der Waals surface area (Å²) in [5, 5.41) is 29.3. The van der Waals surface area contributed by atoms with E-state index in [1.54, 1.807) is 6.07 Å². The van der Waals surface area contributed by atoms with Crippen molar-refractivity contribution >= 4 is 17.6 Å². The molecule has 1 unspecified atom stereocenters. The molecule has 0 aromatic heterocycles. The van der Waals surface area contributed by atoms with Gasteiger partial charge in [0, 0.05) is 18.6 Å². The van der Waals surface area contributed by atoms with Crippen LogP contribution >= 0.6 is 0 Å². The number of urea groups is 1. The number of aliphatic hydroxyl groups excluding tert-OH is 1. The molecular formula is C31H40N4O4. The summed E-state index contributed by atoms with van der Waals surface area (Å²) in [5.41, 5.74) is 8.85. The number of unbranched alkanes of at least 4 members (excludes halogenated alkanes) is 1. The van der Waals surface area contributed by atoms with Crippen LogP contribution in [-0.4, -0.2) is 40.8 Å². The van der Waals surface area contributed by atoms with Gasteiger partial charge in [0.1, 0.15) is 5.75 Å². The number of rotatable bonds is 14. The Kier molecular flexibility index (Phi) is 10.9. The van der Waals surface area contributed by atoms with Crippen LogP contribution in [0.5, 0.6) is 5.75 Å². The highest BCUT2D eigenvalue weighted by Crippen LogP contribution is 2.27. The second-order valence-electron chi connectivity index (χ2n) is 10.5. The van der Waals surface area contributed by atoms with Crippen molar-refractivity contribution in [2.75, 3.05) is 18.4 Å². The van der Waals surface area contributed by atoms with Gasteiger partial charge < -0.3 is 31.9 Å². The number of amides is 3. The number of nitrogens with two attached hydrogens (primary N) is 1. The number of nitrogens with one attached hydrogen (secondary N) is 3. The van der Waals surface area contributed by atoms with Crippen LogP contribution in [0.25, 0.3) is 0 Å². The highest BCUT2D eigenvalue weighted by atomic mass is 16.3. The molecule has 0 heterocycles. The fraction of sp³-hybridized carbons (Fsp3) is 0.355. The molecular weight excluding hydrogens is 492 g/mol. The second-order valence-corrected chi connectivity index (χ2v) is 10.5. The van der Waals surface area contributed by atoms with E-state index in [0.29, 0.717) is 24.9 Å². The van der Waals surface area contributed by atoms with Gasteiger partial charge in [0.2, 0.25) is 5.91 Å². The van der Waals surface area contributed by atoms with Crippen molar-refractivity contribution in [3.05, 3.63) is 95.1 Å². The Hall–Kier alpha value is -3.88. The monoisotopic (exact) mass is 532 g/mol. The minimum absolute atomic E-state index is 0.0199. The Bertz CT molecular complexity index is 1230. The van der Waals surface area contributed by atoms with Crippen molar-refractivity contribution in [2.24, 2.45) is 5.73 Å². The number of benzene rings is 3. The molecule has 0 aliphatic heterocycles. The van der Waals surface area contributed by atoms with Crippen molar-refractivity contribution in [3.63, 3.8) is 0 Å². The number of carbonyl (C=O) groups is 2. The molecule has 0 spiro atoms. The highest BCUT2D eigenvalue weighted by Gasteiger charge is 2.21. The minimum Gasteiger partial charge on any atom is -0.506 e. The summed E-state index contributed by atoms with van der Waals surface area (Å²) in [7, 11) is 0. The molecule has 1 atom stereocenters. The number of anilines is 1. The third-order valence-electron chi connectivity index (χ3n) is 6.50. The molecule has 0 aliphatic carbocycles. The highest BCUT2D eigenvalue weighted by molar-refractivity contribution is 5.89. The first kappa shape index (κ1) is 29.7. The fourth-order valence-electron chi connectivity index (χ4n) is 4.48. The number of β-amino-alcohol motifs (C(OH)–C–C–N with tert-alkyl or cyclic N) is 1. The van der Waals surface area contributed by atoms with E-state index in [4.69, 9.17) is 5.73 Å². The summed E-state index contributed by atoms with van der Waals surface area (Å²) in [4.78, 5) is 23.6. The van der Waals surface area contributed by atoms with Crippen LogP contribution in [0.4, 0.5) is 10.5 Å². The first-order valence-corrected chi connectivity index (χ1v) is 13.3. The zero-order chi connectivity index (χ0) is 28.3. The number of aliphatic hydroxyl groups is 1. The van der Waals surface area contributed by atoms with Crippen LogP contribution in [-0.2, 0) is 24.1 Å². The largest absolute Gasteiger partial charge is 0.506 e. The molecule has 7 N–H and O–H groups in total. The van der Waals surface area contributed by atoms with Gasteiger partial charge in [-0.1, -0.05) is 60.7 Å². The molecule has 3 amide bonds. The molecule has 3 aromatic rings. The molecule has 0 fully saturated rings. The van der Waals surface area contributed by atoms with Gasteiger partial charge >= 0.3 is 6.03 Å². The second kappa shape index (κ2) is 14.3. The summed E-state index contributed by atoms with van der Waals surface area (Å²) in [6.45, 7) is 5.03. The zero-order valence-corrected chi connectivity index (χ0v) is 22.7. The van der Waals surface area contributed by atoms with E-state index >= 15 is 0 Å². The minimum atomic E-state index is -0.860. The van der Waals surface area contributed by atoms with Gasteiger partial charge in [0.05, 0.1) is 18.2 Å². The maximum Gasteiger partial charge on any atom is 0.316 e. The summed E-state index contributed by atoms with van der Waals surface area (Å²) in [6.07, 6.45) is 3.16. The lowest BCUT2D eigenvalue weighted by atomic mass is 9.93. The van der Waals surface area contributed by atoms with E-state index in [-0.39, 0.29) is 29.4 Å². The smallest absolute Gasteiger partial charge is 0.316 e. The predicted octanol–water partition coefficient (Wildman–Crippen LogP) is 4.21. The molecule has 39 heavy (non-hydrogen) atoms. The first-order valence-electron chi connectivity index (χ1n) is 13.3. The molecule has 208 valence electrons. The Balaban J connectivity index is 1.44. The normalized spacial score (nSPS) is 12.1. The van der Waals surface area contributed by atoms with Crippen molar-refractivity contribution in [3.8, 4) is 5.75 Å². The number of phenols is 1. The van der Waals surface area contributed by atoms with Gasteiger partial charge in [0.25, 0.3) is 0 Å². The Morgan fingerprint density at radius 1 is 0.923 bits per heavy atom. The van der Waals surface area contributed by atoms with Crippen LogP contribution in [0.3, 0.4) is 0 Å². The van der Waals surface area contributed by atoms with Crippen LogP contribution in [0.2, 0.25) is 0 Å². The van der Waals surface area contributed by atoms with Gasteiger partial charge in [0.15, 0.2) is 0 Å². The van der Waals surface area contributed by atoms with Crippen LogP contribution in [0, 0.1) is 0 Å². The van der Waals surface area contributed by atoms with Crippen molar-refractivity contribution in [2.45, 2.75) is 57.6 Å². The van der Waals surface area contributed by atoms with E-state index in [0.717, 1.165) is 30.4 Å². The SMILES string of the molecule is CC(C)(Cc1cccc(CC(=O)NCCCCc2ccccc2)c1)NCC(O)c1ccc(O)c(NC(N)=O)c1. The van der Waals surface area contributed by atoms with Crippen molar-refractivity contribution in [1.82, 2.24) is 10.6 Å². The molecule has 8 heteroatoms.